The van der Waals surface area contributed by atoms with E-state index in [0.29, 0.717) is 11.8 Å². The average Bonchev–Trinajstić information content (AvgIpc) is 1.97. The first-order valence-corrected chi connectivity index (χ1v) is 3.54. The van der Waals surface area contributed by atoms with Crippen molar-refractivity contribution in [1.29, 1.82) is 0 Å². The summed E-state index contributed by atoms with van der Waals surface area (Å²) in [4.78, 5) is 10.8. The van der Waals surface area contributed by atoms with Crippen molar-refractivity contribution in [3.63, 3.8) is 0 Å². The second-order valence-electron chi connectivity index (χ2n) is 2.68. The standard InChI is InChI=1S/C7H13NO/c1-6-2-3-7(9)4-5-8-6/h6,8H,2-5H2,1H3. The maximum Gasteiger partial charge on any atom is 0.134 e. The van der Waals surface area contributed by atoms with Gasteiger partial charge in [-0.2, -0.15) is 0 Å². The molecular formula is C7H13NO. The van der Waals surface area contributed by atoms with E-state index in [1.165, 1.54) is 0 Å². The Morgan fingerprint density at radius 3 is 3.11 bits per heavy atom. The number of carbonyl (C=O) groups excluding carboxylic acids is 1. The normalized spacial score (nSPS) is 29.9. The number of hydrogen-bond donors (Lipinski definition) is 1. The van der Waals surface area contributed by atoms with Crippen LogP contribution in [0.5, 0.6) is 0 Å². The van der Waals surface area contributed by atoms with Crippen LogP contribution < -0.4 is 5.32 Å². The minimum Gasteiger partial charge on any atom is -0.314 e. The zero-order valence-electron chi connectivity index (χ0n) is 5.81. The molecule has 0 spiro atoms. The highest BCUT2D eigenvalue weighted by Gasteiger charge is 2.10. The minimum absolute atomic E-state index is 0.409. The van der Waals surface area contributed by atoms with E-state index < -0.39 is 0 Å². The number of hydrogen-bond acceptors (Lipinski definition) is 2. The zero-order chi connectivity index (χ0) is 6.69. The van der Waals surface area contributed by atoms with E-state index in [1.807, 2.05) is 0 Å². The third-order valence-electron chi connectivity index (χ3n) is 1.75. The van der Waals surface area contributed by atoms with Crippen molar-refractivity contribution >= 4 is 5.78 Å². The molecule has 1 unspecified atom stereocenters. The fourth-order valence-electron chi connectivity index (χ4n) is 1.06. The predicted octanol–water partition coefficient (Wildman–Crippen LogP) is 0.718. The Morgan fingerprint density at radius 1 is 1.56 bits per heavy atom. The molecule has 1 N–H and O–H groups in total. The summed E-state index contributed by atoms with van der Waals surface area (Å²) in [5.41, 5.74) is 0. The Hall–Kier alpha value is -0.370. The van der Waals surface area contributed by atoms with Crippen LogP contribution in [0.25, 0.3) is 0 Å². The van der Waals surface area contributed by atoms with Crippen molar-refractivity contribution in [2.45, 2.75) is 32.2 Å². The molecule has 1 fully saturated rings. The molecular weight excluding hydrogens is 114 g/mol. The molecule has 1 atom stereocenters. The van der Waals surface area contributed by atoms with Crippen LogP contribution in [0.4, 0.5) is 0 Å². The first-order valence-electron chi connectivity index (χ1n) is 3.54. The summed E-state index contributed by atoms with van der Waals surface area (Å²) in [6.45, 7) is 3.00. The van der Waals surface area contributed by atoms with Crippen molar-refractivity contribution < 1.29 is 4.79 Å². The molecule has 1 saturated heterocycles. The van der Waals surface area contributed by atoms with E-state index in [4.69, 9.17) is 0 Å². The maximum atomic E-state index is 10.8. The Bertz CT molecular complexity index is 111. The first kappa shape index (κ1) is 6.75. The van der Waals surface area contributed by atoms with Crippen LogP contribution in [0.3, 0.4) is 0 Å². The number of Topliss-reactive ketones (excluding diaryl/α,β-unsaturated/α-hetero) is 1. The molecule has 0 aliphatic carbocycles. The summed E-state index contributed by atoms with van der Waals surface area (Å²) in [5.74, 6) is 0.409. The largest absolute Gasteiger partial charge is 0.314 e. The molecule has 0 bridgehead atoms. The van der Waals surface area contributed by atoms with E-state index in [9.17, 15) is 4.79 Å². The lowest BCUT2D eigenvalue weighted by molar-refractivity contribution is -0.118. The summed E-state index contributed by atoms with van der Waals surface area (Å²) >= 11 is 0. The lowest BCUT2D eigenvalue weighted by atomic mass is 10.1. The second kappa shape index (κ2) is 2.97. The molecule has 1 rings (SSSR count). The van der Waals surface area contributed by atoms with Gasteiger partial charge in [-0.3, -0.25) is 4.79 Å². The Morgan fingerprint density at radius 2 is 2.33 bits per heavy atom. The van der Waals surface area contributed by atoms with Crippen LogP contribution in [0.15, 0.2) is 0 Å². The van der Waals surface area contributed by atoms with Gasteiger partial charge in [0.2, 0.25) is 0 Å². The second-order valence-corrected chi connectivity index (χ2v) is 2.68. The molecule has 1 aliphatic rings. The highest BCUT2D eigenvalue weighted by molar-refractivity contribution is 5.78. The Labute approximate surface area is 55.6 Å². The first-order chi connectivity index (χ1) is 4.29. The molecule has 1 heterocycles. The van der Waals surface area contributed by atoms with E-state index >= 15 is 0 Å². The molecule has 0 aromatic rings. The summed E-state index contributed by atoms with van der Waals surface area (Å²) in [5, 5.41) is 3.25. The van der Waals surface area contributed by atoms with Gasteiger partial charge in [-0.05, 0) is 13.3 Å². The smallest absolute Gasteiger partial charge is 0.134 e. The molecule has 2 heteroatoms. The maximum absolute atomic E-state index is 10.8. The monoisotopic (exact) mass is 127 g/mol. The van der Waals surface area contributed by atoms with Crippen molar-refractivity contribution in [2.24, 2.45) is 0 Å². The third-order valence-corrected chi connectivity index (χ3v) is 1.75. The lowest BCUT2D eigenvalue weighted by Gasteiger charge is -2.05. The van der Waals surface area contributed by atoms with Crippen molar-refractivity contribution in [2.75, 3.05) is 6.54 Å². The van der Waals surface area contributed by atoms with Gasteiger partial charge in [0.05, 0.1) is 0 Å². The molecule has 52 valence electrons. The minimum atomic E-state index is 0.409. The fourth-order valence-corrected chi connectivity index (χ4v) is 1.06. The van der Waals surface area contributed by atoms with Gasteiger partial charge in [0.25, 0.3) is 0 Å². The molecule has 0 aromatic carbocycles. The van der Waals surface area contributed by atoms with Crippen LogP contribution in [0.2, 0.25) is 0 Å². The zero-order valence-corrected chi connectivity index (χ0v) is 5.81. The quantitative estimate of drug-likeness (QED) is 0.519. The van der Waals surface area contributed by atoms with Crippen LogP contribution in [0, 0.1) is 0 Å². The van der Waals surface area contributed by atoms with Crippen LogP contribution >= 0.6 is 0 Å². The van der Waals surface area contributed by atoms with Gasteiger partial charge in [0.15, 0.2) is 0 Å². The van der Waals surface area contributed by atoms with Gasteiger partial charge in [0.1, 0.15) is 5.78 Å². The molecule has 0 amide bonds. The summed E-state index contributed by atoms with van der Waals surface area (Å²) in [6, 6.07) is 0.538. The van der Waals surface area contributed by atoms with Crippen LogP contribution in [-0.2, 0) is 4.79 Å². The van der Waals surface area contributed by atoms with Crippen molar-refractivity contribution in [3.8, 4) is 0 Å². The topological polar surface area (TPSA) is 29.1 Å². The summed E-state index contributed by atoms with van der Waals surface area (Å²) in [6.07, 6.45) is 2.51. The van der Waals surface area contributed by atoms with E-state index in [0.717, 1.165) is 25.8 Å². The third kappa shape index (κ3) is 2.14. The average molecular weight is 127 g/mol. The number of rotatable bonds is 0. The van der Waals surface area contributed by atoms with E-state index in [-0.39, 0.29) is 0 Å². The number of carbonyl (C=O) groups is 1. The van der Waals surface area contributed by atoms with E-state index in [1.54, 1.807) is 0 Å². The summed E-state index contributed by atoms with van der Waals surface area (Å²) < 4.78 is 0. The number of ketones is 1. The Kier molecular flexibility index (Phi) is 2.22. The van der Waals surface area contributed by atoms with Gasteiger partial charge >= 0.3 is 0 Å². The van der Waals surface area contributed by atoms with E-state index in [2.05, 4.69) is 12.2 Å². The highest BCUT2D eigenvalue weighted by atomic mass is 16.1. The molecule has 9 heavy (non-hydrogen) atoms. The number of nitrogens with one attached hydrogen (secondary N) is 1. The predicted molar refractivity (Wildman–Crippen MR) is 36.3 cm³/mol. The fraction of sp³-hybridized carbons (Fsp3) is 0.857. The van der Waals surface area contributed by atoms with Gasteiger partial charge in [-0.25, -0.2) is 0 Å². The molecule has 0 aromatic heterocycles. The summed E-state index contributed by atoms with van der Waals surface area (Å²) in [7, 11) is 0. The lowest BCUT2D eigenvalue weighted by Crippen LogP contribution is -2.24. The molecule has 0 saturated carbocycles. The molecule has 0 radical (unpaired) electrons. The highest BCUT2D eigenvalue weighted by Crippen LogP contribution is 2.03. The SMILES string of the molecule is CC1CCC(=O)CCN1. The molecule has 1 aliphatic heterocycles. The Balaban J connectivity index is 2.34. The van der Waals surface area contributed by atoms with Crippen molar-refractivity contribution in [1.82, 2.24) is 5.32 Å². The van der Waals surface area contributed by atoms with Crippen molar-refractivity contribution in [3.05, 3.63) is 0 Å². The van der Waals surface area contributed by atoms with Gasteiger partial charge < -0.3 is 5.32 Å². The van der Waals surface area contributed by atoms with Gasteiger partial charge in [-0.1, -0.05) is 0 Å². The van der Waals surface area contributed by atoms with Gasteiger partial charge in [0, 0.05) is 25.4 Å². The van der Waals surface area contributed by atoms with Gasteiger partial charge in [-0.15, -0.1) is 0 Å². The molecule has 2 nitrogen and oxygen atoms in total. The van der Waals surface area contributed by atoms with Crippen LogP contribution in [0.1, 0.15) is 26.2 Å². The van der Waals surface area contributed by atoms with Crippen LogP contribution in [-0.4, -0.2) is 18.4 Å².